The van der Waals surface area contributed by atoms with Gasteiger partial charge in [0.1, 0.15) is 18.1 Å². The number of nitrogens with two attached hydrogens (primary N) is 2. The van der Waals surface area contributed by atoms with Crippen LogP contribution in [0.5, 0.6) is 0 Å². The average molecular weight is 526 g/mol. The highest BCUT2D eigenvalue weighted by Gasteiger charge is 2.31. The van der Waals surface area contributed by atoms with Gasteiger partial charge in [0.2, 0.25) is 17.7 Å². The maximum absolute atomic E-state index is 13.2. The first kappa shape index (κ1) is 31.5. The topological polar surface area (TPSA) is 243 Å². The van der Waals surface area contributed by atoms with Crippen molar-refractivity contribution in [2.75, 3.05) is 6.54 Å². The van der Waals surface area contributed by atoms with Crippen molar-refractivity contribution in [2.45, 2.75) is 83.0 Å². The van der Waals surface area contributed by atoms with Crippen LogP contribution in [0.1, 0.15) is 58.1 Å². The summed E-state index contributed by atoms with van der Waals surface area (Å²) in [5.74, 6) is -4.40. The third-order valence-corrected chi connectivity index (χ3v) is 5.52. The highest BCUT2D eigenvalue weighted by Crippen LogP contribution is 2.09. The number of aromatic nitrogens is 2. The number of unbranched alkanes of at least 4 members (excludes halogenated alkanes) is 1. The first-order chi connectivity index (χ1) is 17.4. The number of aliphatic carboxylic acids is 2. The number of imidazole rings is 1. The molecule has 10 N–H and O–H groups in total. The van der Waals surface area contributed by atoms with Crippen LogP contribution in [0.15, 0.2) is 12.5 Å². The van der Waals surface area contributed by atoms with Crippen LogP contribution in [0, 0.1) is 5.92 Å². The molecule has 1 aromatic heterocycles. The molecule has 1 aromatic rings. The van der Waals surface area contributed by atoms with Gasteiger partial charge in [0, 0.05) is 24.7 Å². The Hall–Kier alpha value is -3.52. The van der Waals surface area contributed by atoms with Crippen molar-refractivity contribution < 1.29 is 34.2 Å². The lowest BCUT2D eigenvalue weighted by atomic mass is 10.0. The molecule has 0 aliphatic heterocycles. The van der Waals surface area contributed by atoms with E-state index in [2.05, 4.69) is 25.9 Å². The summed E-state index contributed by atoms with van der Waals surface area (Å²) in [6.45, 7) is 4.07. The smallest absolute Gasteiger partial charge is 0.326 e. The molecule has 0 spiro atoms. The molecule has 1 heterocycles. The number of carboxylic acids is 2. The molecule has 0 saturated carbocycles. The maximum atomic E-state index is 13.2. The van der Waals surface area contributed by atoms with Crippen LogP contribution in [-0.4, -0.2) is 80.6 Å². The minimum Gasteiger partial charge on any atom is -0.481 e. The van der Waals surface area contributed by atoms with E-state index in [9.17, 15) is 29.1 Å². The molecule has 208 valence electrons. The lowest BCUT2D eigenvalue weighted by Gasteiger charge is -2.26. The van der Waals surface area contributed by atoms with E-state index in [0.717, 1.165) is 0 Å². The van der Waals surface area contributed by atoms with Crippen LogP contribution in [0.3, 0.4) is 0 Å². The predicted molar refractivity (Wildman–Crippen MR) is 133 cm³/mol. The number of carboxylic acid groups (broad SMARTS) is 2. The highest BCUT2D eigenvalue weighted by atomic mass is 16.4. The Morgan fingerprint density at radius 3 is 2.11 bits per heavy atom. The van der Waals surface area contributed by atoms with Gasteiger partial charge >= 0.3 is 11.9 Å². The minimum atomic E-state index is -1.21. The highest BCUT2D eigenvalue weighted by molar-refractivity contribution is 5.94. The third-order valence-electron chi connectivity index (χ3n) is 5.52. The molecular weight excluding hydrogens is 486 g/mol. The van der Waals surface area contributed by atoms with Crippen LogP contribution in [-0.2, 0) is 30.4 Å². The second-order valence-electron chi connectivity index (χ2n) is 9.26. The Bertz CT molecular complexity index is 892. The van der Waals surface area contributed by atoms with Crippen molar-refractivity contribution >= 4 is 29.7 Å². The van der Waals surface area contributed by atoms with Crippen molar-refractivity contribution in [3.05, 3.63) is 18.2 Å². The normalized spacial score (nSPS) is 14.3. The Balaban J connectivity index is 3.01. The molecule has 0 radical (unpaired) electrons. The number of hydrogen-bond donors (Lipinski definition) is 8. The molecule has 14 nitrogen and oxygen atoms in total. The second-order valence-corrected chi connectivity index (χ2v) is 9.26. The Morgan fingerprint density at radius 2 is 1.57 bits per heavy atom. The van der Waals surface area contributed by atoms with Crippen molar-refractivity contribution in [3.8, 4) is 0 Å². The monoisotopic (exact) mass is 525 g/mol. The average Bonchev–Trinajstić information content (AvgIpc) is 3.33. The lowest BCUT2D eigenvalue weighted by molar-refractivity contribution is -0.142. The Labute approximate surface area is 215 Å². The second kappa shape index (κ2) is 16.3. The van der Waals surface area contributed by atoms with Gasteiger partial charge in [-0.15, -0.1) is 0 Å². The van der Waals surface area contributed by atoms with Crippen LogP contribution < -0.4 is 27.4 Å². The van der Waals surface area contributed by atoms with Crippen molar-refractivity contribution in [1.82, 2.24) is 25.9 Å². The van der Waals surface area contributed by atoms with Crippen molar-refractivity contribution in [3.63, 3.8) is 0 Å². The summed E-state index contributed by atoms with van der Waals surface area (Å²) in [6.07, 6.45) is 3.93. The standard InChI is InChI=1S/C23H39N7O7/c1-13(2)9-17(29-20(33)15(25)6-7-19(31)32)21(34)30-18(10-14-11-26-12-27-14)22(35)28-16(23(36)37)5-3-4-8-24/h11-13,15-18H,3-10,24-25H2,1-2H3,(H,26,27)(H,28,35)(H,29,33)(H,30,34)(H,31,32)(H,36,37)/t15-,16-,17-,18-/m0/s1. The zero-order valence-electron chi connectivity index (χ0n) is 21.2. The van der Waals surface area contributed by atoms with Gasteiger partial charge in [-0.3, -0.25) is 19.2 Å². The number of rotatable bonds is 18. The molecule has 4 atom stereocenters. The number of carbonyl (C=O) groups is 5. The lowest BCUT2D eigenvalue weighted by Crippen LogP contribution is -2.57. The summed E-state index contributed by atoms with van der Waals surface area (Å²) < 4.78 is 0. The van der Waals surface area contributed by atoms with Crippen LogP contribution >= 0.6 is 0 Å². The van der Waals surface area contributed by atoms with Crippen LogP contribution in [0.2, 0.25) is 0 Å². The summed E-state index contributed by atoms with van der Waals surface area (Å²) in [7, 11) is 0. The molecule has 1 rings (SSSR count). The molecule has 0 unspecified atom stereocenters. The molecule has 37 heavy (non-hydrogen) atoms. The molecule has 0 aromatic carbocycles. The molecule has 0 aliphatic rings. The predicted octanol–water partition coefficient (Wildman–Crippen LogP) is -1.14. The Kier molecular flexibility index (Phi) is 13.9. The summed E-state index contributed by atoms with van der Waals surface area (Å²) >= 11 is 0. The maximum Gasteiger partial charge on any atom is 0.326 e. The van der Waals surface area contributed by atoms with Gasteiger partial charge in [-0.1, -0.05) is 13.8 Å². The zero-order valence-corrected chi connectivity index (χ0v) is 21.2. The van der Waals surface area contributed by atoms with Gasteiger partial charge < -0.3 is 42.6 Å². The SMILES string of the molecule is CC(C)C[C@H](NC(=O)[C@@H](N)CCC(=O)O)C(=O)N[C@@H](Cc1cnc[nH]1)C(=O)N[C@@H](CCCCN)C(=O)O. The van der Waals surface area contributed by atoms with E-state index in [1.54, 1.807) is 0 Å². The number of nitrogens with one attached hydrogen (secondary N) is 4. The van der Waals surface area contributed by atoms with E-state index < -0.39 is 53.8 Å². The fourth-order valence-corrected chi connectivity index (χ4v) is 3.51. The van der Waals surface area contributed by atoms with Crippen LogP contribution in [0.4, 0.5) is 0 Å². The molecule has 14 heteroatoms. The fourth-order valence-electron chi connectivity index (χ4n) is 3.51. The van der Waals surface area contributed by atoms with Crippen LogP contribution in [0.25, 0.3) is 0 Å². The number of hydrogen-bond acceptors (Lipinski definition) is 8. The molecule has 0 fully saturated rings. The number of nitrogens with zero attached hydrogens (tertiary/aromatic N) is 1. The largest absolute Gasteiger partial charge is 0.481 e. The molecular formula is C23H39N7O7. The number of H-pyrrole nitrogens is 1. The van der Waals surface area contributed by atoms with E-state index >= 15 is 0 Å². The van der Waals surface area contributed by atoms with Crippen molar-refractivity contribution in [2.24, 2.45) is 17.4 Å². The summed E-state index contributed by atoms with van der Waals surface area (Å²) in [5.41, 5.74) is 11.8. The van der Waals surface area contributed by atoms with Gasteiger partial charge in [0.15, 0.2) is 0 Å². The first-order valence-corrected chi connectivity index (χ1v) is 12.2. The van der Waals surface area contributed by atoms with E-state index in [4.69, 9.17) is 16.6 Å². The van der Waals surface area contributed by atoms with Gasteiger partial charge in [0.05, 0.1) is 12.4 Å². The quantitative estimate of drug-likeness (QED) is 0.107. The number of carbonyl (C=O) groups excluding carboxylic acids is 3. The number of amides is 3. The molecule has 3 amide bonds. The van der Waals surface area contributed by atoms with Gasteiger partial charge in [-0.25, -0.2) is 9.78 Å². The molecule has 0 bridgehead atoms. The van der Waals surface area contributed by atoms with Gasteiger partial charge in [0.25, 0.3) is 0 Å². The molecule has 0 aliphatic carbocycles. The Morgan fingerprint density at radius 1 is 0.946 bits per heavy atom. The van der Waals surface area contributed by atoms with Crippen molar-refractivity contribution in [1.29, 1.82) is 0 Å². The van der Waals surface area contributed by atoms with E-state index in [1.807, 2.05) is 13.8 Å². The summed E-state index contributed by atoms with van der Waals surface area (Å²) in [5, 5.41) is 25.9. The van der Waals surface area contributed by atoms with E-state index in [-0.39, 0.29) is 38.0 Å². The van der Waals surface area contributed by atoms with Gasteiger partial charge in [-0.2, -0.15) is 0 Å². The summed E-state index contributed by atoms with van der Waals surface area (Å²) in [4.78, 5) is 67.9. The number of aromatic amines is 1. The fraction of sp³-hybridized carbons (Fsp3) is 0.652. The minimum absolute atomic E-state index is 0.00676. The molecule has 0 saturated heterocycles. The zero-order chi connectivity index (χ0) is 28.0. The van der Waals surface area contributed by atoms with E-state index in [0.29, 0.717) is 25.1 Å². The summed E-state index contributed by atoms with van der Waals surface area (Å²) in [6, 6.07) is -4.53. The third kappa shape index (κ3) is 12.3. The first-order valence-electron chi connectivity index (χ1n) is 12.2. The van der Waals surface area contributed by atoms with E-state index in [1.165, 1.54) is 12.5 Å². The van der Waals surface area contributed by atoms with Gasteiger partial charge in [-0.05, 0) is 44.6 Å².